The molecule has 0 bridgehead atoms. The molecule has 3 aromatic heterocycles. The lowest BCUT2D eigenvalue weighted by atomic mass is 10.1. The Morgan fingerprint density at radius 2 is 2.00 bits per heavy atom. The second-order valence-electron chi connectivity index (χ2n) is 9.33. The zero-order valence-corrected chi connectivity index (χ0v) is 19.9. The number of rotatable bonds is 7. The van der Waals surface area contributed by atoms with E-state index in [1.165, 1.54) is 6.07 Å². The number of hydrogen-bond acceptors (Lipinski definition) is 8. The van der Waals surface area contributed by atoms with Gasteiger partial charge in [-0.3, -0.25) is 9.84 Å². The molecule has 2 fully saturated rings. The van der Waals surface area contributed by atoms with Crippen LogP contribution < -0.4 is 10.6 Å². The highest BCUT2D eigenvalue weighted by Crippen LogP contribution is 2.37. The second-order valence-corrected chi connectivity index (χ2v) is 9.33. The van der Waals surface area contributed by atoms with Crippen LogP contribution in [0.3, 0.4) is 0 Å². The molecule has 1 saturated heterocycles. The van der Waals surface area contributed by atoms with Gasteiger partial charge in [0.15, 0.2) is 29.6 Å². The number of alkyl carbamates (subject to hydrolysis) is 1. The number of aromatic amines is 1. The molecule has 1 amide bonds. The summed E-state index contributed by atoms with van der Waals surface area (Å²) in [6, 6.07) is 2.30. The maximum atomic E-state index is 15.0. The molecular weight excluding hydrogens is 547 g/mol. The van der Waals surface area contributed by atoms with E-state index in [9.17, 15) is 35.5 Å². The first kappa shape index (κ1) is 26.9. The van der Waals surface area contributed by atoms with Gasteiger partial charge in [0.05, 0.1) is 24.2 Å². The van der Waals surface area contributed by atoms with Crippen molar-refractivity contribution in [1.82, 2.24) is 30.1 Å². The third-order valence-electron chi connectivity index (χ3n) is 6.08. The van der Waals surface area contributed by atoms with E-state index in [2.05, 4.69) is 35.7 Å². The van der Waals surface area contributed by atoms with Crippen molar-refractivity contribution in [3.05, 3.63) is 35.4 Å². The van der Waals surface area contributed by atoms with Crippen molar-refractivity contribution < 1.29 is 49.7 Å². The van der Waals surface area contributed by atoms with Crippen molar-refractivity contribution in [2.45, 2.75) is 62.8 Å². The third kappa shape index (κ3) is 6.16. The number of H-pyrrole nitrogens is 1. The molecule has 212 valence electrons. The largest absolute Gasteiger partial charge is 0.522 e. The number of anilines is 2. The molecule has 11 nitrogen and oxygen atoms in total. The molecule has 2 aliphatic rings. The van der Waals surface area contributed by atoms with Gasteiger partial charge >= 0.3 is 18.6 Å². The van der Waals surface area contributed by atoms with Gasteiger partial charge in [-0.1, -0.05) is 0 Å². The first-order valence-electron chi connectivity index (χ1n) is 11.4. The number of carbonyl (C=O) groups is 1. The van der Waals surface area contributed by atoms with Gasteiger partial charge in [-0.15, -0.1) is 13.2 Å². The molecular formula is C21H20F7N7O4. The van der Waals surface area contributed by atoms with Crippen LogP contribution in [-0.4, -0.2) is 61.7 Å². The van der Waals surface area contributed by atoms with Crippen LogP contribution in [0, 0.1) is 0 Å². The summed E-state index contributed by atoms with van der Waals surface area (Å²) in [5, 5.41) is 15.2. The maximum Gasteiger partial charge on any atom is 0.522 e. The van der Waals surface area contributed by atoms with Gasteiger partial charge in [-0.25, -0.2) is 18.7 Å². The molecule has 0 aromatic carbocycles. The minimum absolute atomic E-state index is 0.0847. The van der Waals surface area contributed by atoms with Crippen LogP contribution in [0.15, 0.2) is 18.3 Å². The standard InChI is InChI=1S/C21H20F7N7O4/c1-19(2-3-19)31-18(36)39-12-8-37-16(15(12)22)10-5-14(33-32-10)30-17-11-4-9(7-38-21(26,27)28)34-35(11)6-13(29-17)20(23,24)25/h4-6,12,15-16H,2-3,7-8H2,1H3,(H,31,36)(H2,29,30,32,33)/t12-,15+,16-/m1/s1. The van der Waals surface area contributed by atoms with Crippen LogP contribution in [0.25, 0.3) is 5.52 Å². The van der Waals surface area contributed by atoms with E-state index in [0.717, 1.165) is 18.9 Å². The maximum absolute atomic E-state index is 15.0. The second kappa shape index (κ2) is 9.51. The minimum Gasteiger partial charge on any atom is -0.441 e. The molecule has 39 heavy (non-hydrogen) atoms. The van der Waals surface area contributed by atoms with Gasteiger partial charge in [-0.2, -0.15) is 23.4 Å². The number of nitrogens with zero attached hydrogens (tertiary/aromatic N) is 4. The summed E-state index contributed by atoms with van der Waals surface area (Å²) in [4.78, 5) is 15.5. The Balaban J connectivity index is 1.32. The van der Waals surface area contributed by atoms with Crippen molar-refractivity contribution in [3.63, 3.8) is 0 Å². The Kier molecular flexibility index (Phi) is 6.56. The highest BCUT2D eigenvalue weighted by Gasteiger charge is 2.44. The number of halogens is 7. The Bertz CT molecular complexity index is 1370. The van der Waals surface area contributed by atoms with Crippen LogP contribution in [0.4, 0.5) is 47.2 Å². The van der Waals surface area contributed by atoms with Crippen molar-refractivity contribution in [2.75, 3.05) is 11.9 Å². The lowest BCUT2D eigenvalue weighted by Gasteiger charge is -2.17. The predicted octanol–water partition coefficient (Wildman–Crippen LogP) is 4.31. The van der Waals surface area contributed by atoms with Gasteiger partial charge < -0.3 is 20.1 Å². The van der Waals surface area contributed by atoms with E-state index < -0.39 is 55.1 Å². The smallest absolute Gasteiger partial charge is 0.441 e. The Labute approximate surface area is 214 Å². The van der Waals surface area contributed by atoms with Crippen LogP contribution >= 0.6 is 0 Å². The molecule has 3 aromatic rings. The molecule has 5 rings (SSSR count). The highest BCUT2D eigenvalue weighted by molar-refractivity contribution is 5.73. The summed E-state index contributed by atoms with van der Waals surface area (Å²) in [6.07, 6.45) is -12.8. The first-order chi connectivity index (χ1) is 18.2. The first-order valence-corrected chi connectivity index (χ1v) is 11.4. The zero-order chi connectivity index (χ0) is 28.2. The lowest BCUT2D eigenvalue weighted by Crippen LogP contribution is -2.39. The average molecular weight is 567 g/mol. The molecule has 3 N–H and O–H groups in total. The number of amides is 1. The van der Waals surface area contributed by atoms with E-state index in [1.54, 1.807) is 0 Å². The SMILES string of the molecule is CC1(NC(=O)O[C@@H]2CO[C@H](c3cc(Nc4nc(C(F)(F)F)cn5nc(COC(F)(F)F)cc45)n[nH]3)[C@H]2F)CC1. The molecule has 1 aliphatic carbocycles. The number of fused-ring (bicyclic) bond motifs is 1. The normalized spacial score (nSPS) is 22.7. The zero-order valence-electron chi connectivity index (χ0n) is 19.9. The molecule has 3 atom stereocenters. The fourth-order valence-corrected chi connectivity index (χ4v) is 3.83. The topological polar surface area (TPSA) is 128 Å². The number of aromatic nitrogens is 5. The van der Waals surface area contributed by atoms with E-state index in [4.69, 9.17) is 9.47 Å². The summed E-state index contributed by atoms with van der Waals surface area (Å²) in [5.41, 5.74) is -2.10. The third-order valence-corrected chi connectivity index (χ3v) is 6.08. The molecule has 0 radical (unpaired) electrons. The molecule has 0 unspecified atom stereocenters. The summed E-state index contributed by atoms with van der Waals surface area (Å²) in [7, 11) is 0. The molecule has 4 heterocycles. The van der Waals surface area contributed by atoms with Gasteiger partial charge in [-0.05, 0) is 25.8 Å². The quantitative estimate of drug-likeness (QED) is 0.361. The van der Waals surface area contributed by atoms with Crippen molar-refractivity contribution in [2.24, 2.45) is 0 Å². The number of hydrogen-bond donors (Lipinski definition) is 3. The highest BCUT2D eigenvalue weighted by atomic mass is 19.4. The average Bonchev–Trinajstić information content (AvgIpc) is 3.18. The van der Waals surface area contributed by atoms with E-state index in [0.29, 0.717) is 10.7 Å². The lowest BCUT2D eigenvalue weighted by molar-refractivity contribution is -0.330. The van der Waals surface area contributed by atoms with Crippen LogP contribution in [0.5, 0.6) is 0 Å². The van der Waals surface area contributed by atoms with Crippen molar-refractivity contribution in [1.29, 1.82) is 0 Å². The molecule has 1 aliphatic heterocycles. The Hall–Kier alpha value is -3.67. The van der Waals surface area contributed by atoms with Crippen molar-refractivity contribution >= 4 is 23.2 Å². The Morgan fingerprint density at radius 3 is 2.67 bits per heavy atom. The van der Waals surface area contributed by atoms with Crippen LogP contribution in [0.2, 0.25) is 0 Å². The molecule has 0 spiro atoms. The number of alkyl halides is 7. The number of carbonyl (C=O) groups excluding carboxylic acids is 1. The van der Waals surface area contributed by atoms with E-state index in [-0.39, 0.29) is 34.9 Å². The van der Waals surface area contributed by atoms with E-state index >= 15 is 0 Å². The molecule has 18 heteroatoms. The fraction of sp³-hybridized carbons (Fsp3) is 0.524. The summed E-state index contributed by atoms with van der Waals surface area (Å²) < 4.78 is 107. The van der Waals surface area contributed by atoms with Gasteiger partial charge in [0.2, 0.25) is 0 Å². The predicted molar refractivity (Wildman–Crippen MR) is 115 cm³/mol. The molecule has 1 saturated carbocycles. The minimum atomic E-state index is -4.97. The van der Waals surface area contributed by atoms with Crippen molar-refractivity contribution in [3.8, 4) is 0 Å². The van der Waals surface area contributed by atoms with Gasteiger partial charge in [0.25, 0.3) is 0 Å². The van der Waals surface area contributed by atoms with Gasteiger partial charge in [0, 0.05) is 11.6 Å². The fourth-order valence-electron chi connectivity index (χ4n) is 3.83. The monoisotopic (exact) mass is 567 g/mol. The summed E-state index contributed by atoms with van der Waals surface area (Å²) in [6.45, 7) is 0.532. The number of nitrogens with one attached hydrogen (secondary N) is 3. The van der Waals surface area contributed by atoms with Crippen LogP contribution in [0.1, 0.15) is 43.0 Å². The summed E-state index contributed by atoms with van der Waals surface area (Å²) in [5.74, 6) is -0.545. The van der Waals surface area contributed by atoms with E-state index in [1.807, 2.05) is 6.92 Å². The number of ether oxygens (including phenoxy) is 3. The van der Waals surface area contributed by atoms with Crippen LogP contribution in [-0.2, 0) is 27.0 Å². The Morgan fingerprint density at radius 1 is 1.26 bits per heavy atom. The summed E-state index contributed by atoms with van der Waals surface area (Å²) >= 11 is 0. The van der Waals surface area contributed by atoms with Gasteiger partial charge in [0.1, 0.15) is 18.2 Å².